The van der Waals surface area contributed by atoms with Gasteiger partial charge >= 0.3 is 0 Å². The van der Waals surface area contributed by atoms with E-state index in [4.69, 9.17) is 0 Å². The Labute approximate surface area is 88.7 Å². The molecule has 0 saturated heterocycles. The van der Waals surface area contributed by atoms with Gasteiger partial charge in [0.05, 0.1) is 0 Å². The van der Waals surface area contributed by atoms with Gasteiger partial charge in [-0.15, -0.1) is 0 Å². The summed E-state index contributed by atoms with van der Waals surface area (Å²) in [7, 11) is 3.71. The third kappa shape index (κ3) is 5.25. The molecule has 0 fully saturated rings. The van der Waals surface area contributed by atoms with Crippen molar-refractivity contribution in [1.82, 2.24) is 4.90 Å². The minimum atomic E-state index is 0.268. The molecule has 2 heteroatoms. The van der Waals surface area contributed by atoms with Gasteiger partial charge in [-0.1, -0.05) is 39.5 Å². The van der Waals surface area contributed by atoms with Crippen LogP contribution in [0.25, 0.3) is 0 Å². The fraction of sp³-hybridized carbons (Fsp3) is 0.917. The highest BCUT2D eigenvalue weighted by Gasteiger charge is 2.18. The van der Waals surface area contributed by atoms with E-state index < -0.39 is 0 Å². The molecule has 84 valence electrons. The molecular formula is C12H25NO. The van der Waals surface area contributed by atoms with Gasteiger partial charge in [0.1, 0.15) is 0 Å². The van der Waals surface area contributed by atoms with E-state index in [0.29, 0.717) is 5.91 Å². The summed E-state index contributed by atoms with van der Waals surface area (Å²) in [5.41, 5.74) is 0. The Morgan fingerprint density at radius 1 is 1.07 bits per heavy atom. The van der Waals surface area contributed by atoms with Crippen LogP contribution < -0.4 is 0 Å². The standard InChI is InChI=1S/C12H25NO/c1-5-7-9-11(10-8-6-2)12(14)13(3)4/h11H,5-10H2,1-4H3. The molecule has 0 radical (unpaired) electrons. The molecule has 0 aliphatic heterocycles. The van der Waals surface area contributed by atoms with Crippen LogP contribution in [0, 0.1) is 5.92 Å². The molecule has 0 atom stereocenters. The molecule has 0 bridgehead atoms. The molecule has 0 aliphatic carbocycles. The Bertz CT molecular complexity index is 146. The van der Waals surface area contributed by atoms with E-state index >= 15 is 0 Å². The van der Waals surface area contributed by atoms with Gasteiger partial charge in [-0.3, -0.25) is 4.79 Å². The van der Waals surface area contributed by atoms with Crippen molar-refractivity contribution in [2.45, 2.75) is 52.4 Å². The molecule has 0 aromatic carbocycles. The zero-order chi connectivity index (χ0) is 11.0. The van der Waals surface area contributed by atoms with Crippen LogP contribution in [0.5, 0.6) is 0 Å². The first-order chi connectivity index (χ1) is 6.63. The Morgan fingerprint density at radius 3 is 1.79 bits per heavy atom. The quantitative estimate of drug-likeness (QED) is 0.617. The van der Waals surface area contributed by atoms with E-state index in [0.717, 1.165) is 12.8 Å². The highest BCUT2D eigenvalue weighted by atomic mass is 16.2. The summed E-state index contributed by atoms with van der Waals surface area (Å²) in [5, 5.41) is 0. The van der Waals surface area contributed by atoms with Gasteiger partial charge in [0, 0.05) is 20.0 Å². The van der Waals surface area contributed by atoms with Crippen LogP contribution in [-0.2, 0) is 4.79 Å². The molecule has 0 heterocycles. The highest BCUT2D eigenvalue weighted by molar-refractivity contribution is 5.78. The van der Waals surface area contributed by atoms with E-state index in [1.54, 1.807) is 4.90 Å². The molecule has 1 amide bonds. The number of amides is 1. The zero-order valence-corrected chi connectivity index (χ0v) is 10.2. The molecule has 0 aliphatic rings. The van der Waals surface area contributed by atoms with Crippen LogP contribution in [0.1, 0.15) is 52.4 Å². The molecule has 0 N–H and O–H groups in total. The van der Waals surface area contributed by atoms with Gasteiger partial charge in [-0.05, 0) is 12.8 Å². The maximum atomic E-state index is 11.8. The zero-order valence-electron chi connectivity index (χ0n) is 10.2. The highest BCUT2D eigenvalue weighted by Crippen LogP contribution is 2.17. The molecule has 0 aromatic rings. The summed E-state index contributed by atoms with van der Waals surface area (Å²) in [4.78, 5) is 13.5. The minimum absolute atomic E-state index is 0.268. The van der Waals surface area contributed by atoms with Crippen LogP contribution in [0.4, 0.5) is 0 Å². The van der Waals surface area contributed by atoms with Crippen molar-refractivity contribution in [3.8, 4) is 0 Å². The first-order valence-electron chi connectivity index (χ1n) is 5.84. The minimum Gasteiger partial charge on any atom is -0.349 e. The SMILES string of the molecule is CCCCC(CCCC)C(=O)N(C)C. The first kappa shape index (κ1) is 13.5. The number of rotatable bonds is 7. The van der Waals surface area contributed by atoms with Crippen LogP contribution >= 0.6 is 0 Å². The normalized spacial score (nSPS) is 10.6. The van der Waals surface area contributed by atoms with E-state index in [9.17, 15) is 4.79 Å². The second kappa shape index (κ2) is 7.84. The molecule has 14 heavy (non-hydrogen) atoms. The summed E-state index contributed by atoms with van der Waals surface area (Å²) < 4.78 is 0. The molecule has 0 saturated carbocycles. The smallest absolute Gasteiger partial charge is 0.225 e. The van der Waals surface area contributed by atoms with Gasteiger partial charge < -0.3 is 4.90 Å². The number of carbonyl (C=O) groups excluding carboxylic acids is 1. The maximum absolute atomic E-state index is 11.8. The van der Waals surface area contributed by atoms with Gasteiger partial charge in [-0.25, -0.2) is 0 Å². The molecule has 0 unspecified atom stereocenters. The van der Waals surface area contributed by atoms with Crippen LogP contribution in [0.15, 0.2) is 0 Å². The summed E-state index contributed by atoms with van der Waals surface area (Å²) in [6, 6.07) is 0. The van der Waals surface area contributed by atoms with Crippen molar-refractivity contribution in [2.75, 3.05) is 14.1 Å². The number of unbranched alkanes of at least 4 members (excludes halogenated alkanes) is 2. The van der Waals surface area contributed by atoms with Gasteiger partial charge in [0.25, 0.3) is 0 Å². The summed E-state index contributed by atoms with van der Waals surface area (Å²) in [5.74, 6) is 0.580. The van der Waals surface area contributed by atoms with Gasteiger partial charge in [-0.2, -0.15) is 0 Å². The van der Waals surface area contributed by atoms with Crippen LogP contribution in [-0.4, -0.2) is 24.9 Å². The lowest BCUT2D eigenvalue weighted by Crippen LogP contribution is -2.29. The Hall–Kier alpha value is -0.530. The largest absolute Gasteiger partial charge is 0.349 e. The van der Waals surface area contributed by atoms with Crippen molar-refractivity contribution in [2.24, 2.45) is 5.92 Å². The second-order valence-electron chi connectivity index (χ2n) is 4.21. The Kier molecular flexibility index (Phi) is 7.54. The summed E-state index contributed by atoms with van der Waals surface area (Å²) in [6.07, 6.45) is 6.84. The van der Waals surface area contributed by atoms with Crippen molar-refractivity contribution >= 4 is 5.91 Å². The Balaban J connectivity index is 4.01. The molecule has 0 spiro atoms. The number of hydrogen-bond donors (Lipinski definition) is 0. The second-order valence-corrected chi connectivity index (χ2v) is 4.21. The first-order valence-corrected chi connectivity index (χ1v) is 5.84. The predicted molar refractivity (Wildman–Crippen MR) is 61.2 cm³/mol. The van der Waals surface area contributed by atoms with Crippen molar-refractivity contribution in [3.63, 3.8) is 0 Å². The van der Waals surface area contributed by atoms with Gasteiger partial charge in [0.15, 0.2) is 0 Å². The van der Waals surface area contributed by atoms with Gasteiger partial charge in [0.2, 0.25) is 5.91 Å². The van der Waals surface area contributed by atoms with E-state index in [2.05, 4.69) is 13.8 Å². The van der Waals surface area contributed by atoms with E-state index in [-0.39, 0.29) is 5.92 Å². The predicted octanol–water partition coefficient (Wildman–Crippen LogP) is 3.07. The summed E-state index contributed by atoms with van der Waals surface area (Å²) in [6.45, 7) is 4.36. The topological polar surface area (TPSA) is 20.3 Å². The third-order valence-electron chi connectivity index (χ3n) is 2.60. The number of carbonyl (C=O) groups is 1. The lowest BCUT2D eigenvalue weighted by Gasteiger charge is -2.20. The third-order valence-corrected chi connectivity index (χ3v) is 2.60. The number of hydrogen-bond acceptors (Lipinski definition) is 1. The Morgan fingerprint density at radius 2 is 1.50 bits per heavy atom. The van der Waals surface area contributed by atoms with Crippen molar-refractivity contribution in [3.05, 3.63) is 0 Å². The van der Waals surface area contributed by atoms with E-state index in [1.165, 1.54) is 25.7 Å². The van der Waals surface area contributed by atoms with Crippen molar-refractivity contribution < 1.29 is 4.79 Å². The fourth-order valence-corrected chi connectivity index (χ4v) is 1.66. The van der Waals surface area contributed by atoms with Crippen LogP contribution in [0.2, 0.25) is 0 Å². The molecule has 0 rings (SSSR count). The lowest BCUT2D eigenvalue weighted by atomic mass is 9.95. The molecule has 0 aromatic heterocycles. The monoisotopic (exact) mass is 199 g/mol. The fourth-order valence-electron chi connectivity index (χ4n) is 1.66. The van der Waals surface area contributed by atoms with Crippen molar-refractivity contribution in [1.29, 1.82) is 0 Å². The molecular weight excluding hydrogens is 174 g/mol. The van der Waals surface area contributed by atoms with Crippen LogP contribution in [0.3, 0.4) is 0 Å². The number of nitrogens with zero attached hydrogens (tertiary/aromatic N) is 1. The summed E-state index contributed by atoms with van der Waals surface area (Å²) >= 11 is 0. The molecule has 2 nitrogen and oxygen atoms in total. The average molecular weight is 199 g/mol. The lowest BCUT2D eigenvalue weighted by molar-refractivity contribution is -0.133. The van der Waals surface area contributed by atoms with E-state index in [1.807, 2.05) is 14.1 Å². The average Bonchev–Trinajstić information content (AvgIpc) is 2.17. The maximum Gasteiger partial charge on any atom is 0.225 e.